The molecule has 1 rings (SSSR count). The van der Waals surface area contributed by atoms with E-state index >= 15 is 0 Å². The maximum Gasteiger partial charge on any atom is 0.254 e. The third-order valence-electron chi connectivity index (χ3n) is 1.73. The van der Waals surface area contributed by atoms with Gasteiger partial charge in [-0.2, -0.15) is 0 Å². The van der Waals surface area contributed by atoms with E-state index in [4.69, 9.17) is 5.53 Å². The summed E-state index contributed by atoms with van der Waals surface area (Å²) < 4.78 is 13.9. The normalized spacial score (nSPS) is 9.38. The van der Waals surface area contributed by atoms with Crippen LogP contribution in [0, 0.1) is 5.82 Å². The highest BCUT2D eigenvalue weighted by Crippen LogP contribution is 2.15. The highest BCUT2D eigenvalue weighted by Gasteiger charge is 2.10. The Morgan fingerprint density at radius 1 is 1.62 bits per heavy atom. The molecule has 0 aliphatic carbocycles. The van der Waals surface area contributed by atoms with E-state index in [1.54, 1.807) is 0 Å². The zero-order chi connectivity index (χ0) is 12.0. The molecule has 1 amide bonds. The summed E-state index contributed by atoms with van der Waals surface area (Å²) in [5.41, 5.74) is 7.96. The van der Waals surface area contributed by atoms with Gasteiger partial charge in [0.2, 0.25) is 0 Å². The topological polar surface area (TPSA) is 77.9 Å². The van der Waals surface area contributed by atoms with Crippen molar-refractivity contribution in [3.8, 4) is 0 Å². The van der Waals surface area contributed by atoms with E-state index < -0.39 is 11.7 Å². The molecule has 0 unspecified atom stereocenters. The van der Waals surface area contributed by atoms with Crippen LogP contribution in [0.5, 0.6) is 0 Å². The highest BCUT2D eigenvalue weighted by atomic mass is 79.9. The van der Waals surface area contributed by atoms with Crippen molar-refractivity contribution in [2.45, 2.75) is 0 Å². The van der Waals surface area contributed by atoms with Crippen LogP contribution >= 0.6 is 15.9 Å². The van der Waals surface area contributed by atoms with Gasteiger partial charge in [-0.15, -0.1) is 0 Å². The molecule has 1 aromatic carbocycles. The van der Waals surface area contributed by atoms with E-state index in [1.165, 1.54) is 18.2 Å². The number of carbonyl (C=O) groups is 1. The van der Waals surface area contributed by atoms with Crippen LogP contribution in [0.4, 0.5) is 4.39 Å². The van der Waals surface area contributed by atoms with Crippen LogP contribution in [-0.2, 0) is 0 Å². The first kappa shape index (κ1) is 12.5. The highest BCUT2D eigenvalue weighted by molar-refractivity contribution is 9.10. The van der Waals surface area contributed by atoms with Crippen molar-refractivity contribution in [2.24, 2.45) is 5.11 Å². The van der Waals surface area contributed by atoms with Gasteiger partial charge in [0.1, 0.15) is 5.82 Å². The standard InChI is InChI=1S/C9H8BrFN4O/c10-6-1-2-8(11)7(5-6)9(16)13-3-4-14-15-12/h1-2,5H,3-4H2,(H,13,16). The second kappa shape index (κ2) is 6.09. The molecule has 1 N–H and O–H groups in total. The predicted octanol–water partition coefficient (Wildman–Crippen LogP) is 2.63. The SMILES string of the molecule is [N-]=[N+]=NCCNC(=O)c1cc(Br)ccc1F. The maximum absolute atomic E-state index is 13.2. The molecular formula is C9H8BrFN4O. The van der Waals surface area contributed by atoms with Crippen molar-refractivity contribution in [3.05, 3.63) is 44.5 Å². The average Bonchev–Trinajstić information content (AvgIpc) is 2.27. The molecular weight excluding hydrogens is 279 g/mol. The number of hydrogen-bond acceptors (Lipinski definition) is 2. The Balaban J connectivity index is 2.65. The van der Waals surface area contributed by atoms with E-state index in [-0.39, 0.29) is 18.7 Å². The van der Waals surface area contributed by atoms with Gasteiger partial charge in [0.05, 0.1) is 5.56 Å². The fraction of sp³-hybridized carbons (Fsp3) is 0.222. The summed E-state index contributed by atoms with van der Waals surface area (Å²) in [5.74, 6) is -1.13. The number of halogens is 2. The van der Waals surface area contributed by atoms with Crippen molar-refractivity contribution in [1.82, 2.24) is 5.32 Å². The van der Waals surface area contributed by atoms with Crippen molar-refractivity contribution in [3.63, 3.8) is 0 Å². The quantitative estimate of drug-likeness (QED) is 0.393. The lowest BCUT2D eigenvalue weighted by Crippen LogP contribution is -2.26. The van der Waals surface area contributed by atoms with Crippen LogP contribution in [-0.4, -0.2) is 19.0 Å². The largest absolute Gasteiger partial charge is 0.352 e. The smallest absolute Gasteiger partial charge is 0.254 e. The molecule has 0 fully saturated rings. The Kier molecular flexibility index (Phi) is 4.75. The number of nitrogens with one attached hydrogen (secondary N) is 1. The molecule has 16 heavy (non-hydrogen) atoms. The minimum atomic E-state index is -0.593. The Morgan fingerprint density at radius 2 is 2.38 bits per heavy atom. The maximum atomic E-state index is 13.2. The second-order valence-electron chi connectivity index (χ2n) is 2.83. The Bertz CT molecular complexity index is 445. The second-order valence-corrected chi connectivity index (χ2v) is 3.75. The molecule has 0 heterocycles. The van der Waals surface area contributed by atoms with Crippen molar-refractivity contribution >= 4 is 21.8 Å². The molecule has 1 aromatic rings. The third kappa shape index (κ3) is 3.52. The van der Waals surface area contributed by atoms with Crippen LogP contribution in [0.3, 0.4) is 0 Å². The van der Waals surface area contributed by atoms with E-state index in [0.29, 0.717) is 4.47 Å². The number of amides is 1. The van der Waals surface area contributed by atoms with Crippen LogP contribution in [0.1, 0.15) is 10.4 Å². The van der Waals surface area contributed by atoms with Gasteiger partial charge >= 0.3 is 0 Å². The number of azide groups is 1. The molecule has 0 saturated carbocycles. The van der Waals surface area contributed by atoms with Gasteiger partial charge in [-0.05, 0) is 23.7 Å². The fourth-order valence-electron chi connectivity index (χ4n) is 1.03. The lowest BCUT2D eigenvalue weighted by atomic mass is 10.2. The Hall–Kier alpha value is -1.59. The summed E-state index contributed by atoms with van der Waals surface area (Å²) in [6.07, 6.45) is 0. The predicted molar refractivity (Wildman–Crippen MR) is 60.4 cm³/mol. The van der Waals surface area contributed by atoms with E-state index in [1.807, 2.05) is 0 Å². The van der Waals surface area contributed by atoms with Crippen molar-refractivity contribution in [2.75, 3.05) is 13.1 Å². The summed E-state index contributed by atoms with van der Waals surface area (Å²) >= 11 is 3.14. The molecule has 84 valence electrons. The lowest BCUT2D eigenvalue weighted by molar-refractivity contribution is 0.0950. The third-order valence-corrected chi connectivity index (χ3v) is 2.23. The zero-order valence-corrected chi connectivity index (χ0v) is 9.74. The monoisotopic (exact) mass is 286 g/mol. The summed E-state index contributed by atoms with van der Waals surface area (Å²) in [6.45, 7) is 0.312. The van der Waals surface area contributed by atoms with Crippen LogP contribution in [0.15, 0.2) is 27.8 Å². The summed E-state index contributed by atoms with van der Waals surface area (Å²) in [6, 6.07) is 4.09. The first-order valence-corrected chi connectivity index (χ1v) is 5.18. The minimum Gasteiger partial charge on any atom is -0.352 e. The number of nitrogens with zero attached hydrogens (tertiary/aromatic N) is 3. The van der Waals surface area contributed by atoms with Crippen LogP contribution in [0.2, 0.25) is 0 Å². The van der Waals surface area contributed by atoms with Crippen LogP contribution in [0.25, 0.3) is 10.4 Å². The number of benzene rings is 1. The molecule has 0 atom stereocenters. The van der Waals surface area contributed by atoms with Gasteiger partial charge < -0.3 is 5.32 Å². The molecule has 0 aliphatic heterocycles. The Labute approximate surface area is 99.4 Å². The molecule has 0 aromatic heterocycles. The number of carbonyl (C=O) groups excluding carboxylic acids is 1. The van der Waals surface area contributed by atoms with Gasteiger partial charge in [-0.25, -0.2) is 4.39 Å². The molecule has 0 radical (unpaired) electrons. The van der Waals surface area contributed by atoms with Crippen molar-refractivity contribution < 1.29 is 9.18 Å². The summed E-state index contributed by atoms with van der Waals surface area (Å²) in [5, 5.41) is 5.68. The molecule has 0 spiro atoms. The van der Waals surface area contributed by atoms with Gasteiger partial charge in [0, 0.05) is 22.5 Å². The number of rotatable bonds is 4. The summed E-state index contributed by atoms with van der Waals surface area (Å²) in [4.78, 5) is 14.0. The first-order valence-electron chi connectivity index (χ1n) is 4.39. The molecule has 5 nitrogen and oxygen atoms in total. The van der Waals surface area contributed by atoms with Crippen molar-refractivity contribution in [1.29, 1.82) is 0 Å². The molecule has 7 heteroatoms. The van der Waals surface area contributed by atoms with E-state index in [2.05, 4.69) is 31.3 Å². The van der Waals surface area contributed by atoms with E-state index in [9.17, 15) is 9.18 Å². The zero-order valence-electron chi connectivity index (χ0n) is 8.15. The first-order chi connectivity index (χ1) is 7.65. The summed E-state index contributed by atoms with van der Waals surface area (Å²) in [7, 11) is 0. The fourth-order valence-corrected chi connectivity index (χ4v) is 1.39. The lowest BCUT2D eigenvalue weighted by Gasteiger charge is -2.04. The molecule has 0 saturated heterocycles. The minimum absolute atomic E-state index is 0.0460. The van der Waals surface area contributed by atoms with Crippen LogP contribution < -0.4 is 5.32 Å². The van der Waals surface area contributed by atoms with Gasteiger partial charge in [0.15, 0.2) is 0 Å². The molecule has 0 aliphatic rings. The molecule has 0 bridgehead atoms. The van der Waals surface area contributed by atoms with Gasteiger partial charge in [-0.3, -0.25) is 4.79 Å². The Morgan fingerprint density at radius 3 is 3.06 bits per heavy atom. The average molecular weight is 287 g/mol. The van der Waals surface area contributed by atoms with Gasteiger partial charge in [0.25, 0.3) is 5.91 Å². The number of hydrogen-bond donors (Lipinski definition) is 1. The van der Waals surface area contributed by atoms with Gasteiger partial charge in [-0.1, -0.05) is 21.0 Å². The van der Waals surface area contributed by atoms with E-state index in [0.717, 1.165) is 0 Å².